The van der Waals surface area contributed by atoms with Gasteiger partial charge in [-0.3, -0.25) is 4.79 Å². The molecular weight excluding hydrogens is 285 g/mol. The molecule has 2 atom stereocenters. The molecule has 2 unspecified atom stereocenters. The molecule has 0 radical (unpaired) electrons. The quantitative estimate of drug-likeness (QED) is 0.898. The molecule has 1 amide bonds. The number of benzene rings is 1. The van der Waals surface area contributed by atoms with E-state index in [0.29, 0.717) is 12.2 Å². The molecule has 2 N–H and O–H groups in total. The van der Waals surface area contributed by atoms with Crippen molar-refractivity contribution in [2.24, 2.45) is 11.8 Å². The van der Waals surface area contributed by atoms with Crippen molar-refractivity contribution in [1.29, 1.82) is 0 Å². The van der Waals surface area contributed by atoms with Gasteiger partial charge in [-0.25, -0.2) is 0 Å². The van der Waals surface area contributed by atoms with Gasteiger partial charge in [-0.1, -0.05) is 6.92 Å². The fourth-order valence-electron chi connectivity index (χ4n) is 2.20. The van der Waals surface area contributed by atoms with Crippen molar-refractivity contribution in [1.82, 2.24) is 5.32 Å². The van der Waals surface area contributed by atoms with Gasteiger partial charge in [0, 0.05) is 12.2 Å². The third-order valence-corrected chi connectivity index (χ3v) is 3.38. The predicted octanol–water partition coefficient (Wildman–Crippen LogP) is 2.42. The summed E-state index contributed by atoms with van der Waals surface area (Å²) in [4.78, 5) is 12.0. The van der Waals surface area contributed by atoms with E-state index in [2.05, 4.69) is 15.4 Å². The molecule has 1 heterocycles. The Morgan fingerprint density at radius 2 is 2.00 bits per heavy atom. The molecule has 1 aliphatic heterocycles. The molecule has 21 heavy (non-hydrogen) atoms. The Bertz CT molecular complexity index is 488. The average Bonchev–Trinajstić information content (AvgIpc) is 2.83. The maximum absolute atomic E-state index is 12.0. The molecule has 0 saturated carbocycles. The van der Waals surface area contributed by atoms with Crippen LogP contribution in [0.3, 0.4) is 0 Å². The lowest BCUT2D eigenvalue weighted by molar-refractivity contribution is -0.153. The minimum atomic E-state index is -4.36. The highest BCUT2D eigenvalue weighted by molar-refractivity contribution is 5.93. The maximum Gasteiger partial charge on any atom is 0.422 e. The lowest BCUT2D eigenvalue weighted by Gasteiger charge is -2.14. The number of nitrogens with one attached hydrogen (secondary N) is 2. The normalized spacial score (nSPS) is 22.1. The molecule has 1 aromatic rings. The second kappa shape index (κ2) is 6.34. The summed E-state index contributed by atoms with van der Waals surface area (Å²) in [5.41, 5.74) is 0.540. The van der Waals surface area contributed by atoms with Crippen LogP contribution in [0.15, 0.2) is 24.3 Å². The summed E-state index contributed by atoms with van der Waals surface area (Å²) >= 11 is 0. The summed E-state index contributed by atoms with van der Waals surface area (Å²) < 4.78 is 40.6. The van der Waals surface area contributed by atoms with Crippen molar-refractivity contribution in [2.75, 3.05) is 25.0 Å². The van der Waals surface area contributed by atoms with E-state index in [1.807, 2.05) is 6.92 Å². The Balaban J connectivity index is 1.89. The van der Waals surface area contributed by atoms with Crippen LogP contribution in [0.1, 0.15) is 6.92 Å². The minimum Gasteiger partial charge on any atom is -0.484 e. The van der Waals surface area contributed by atoms with E-state index in [9.17, 15) is 18.0 Å². The molecule has 1 saturated heterocycles. The summed E-state index contributed by atoms with van der Waals surface area (Å²) in [7, 11) is 0. The molecule has 0 bridgehead atoms. The average molecular weight is 302 g/mol. The lowest BCUT2D eigenvalue weighted by Crippen LogP contribution is -2.27. The number of carbonyl (C=O) groups excluding carboxylic acids is 1. The fraction of sp³-hybridized carbons (Fsp3) is 0.500. The van der Waals surface area contributed by atoms with Crippen LogP contribution in [0, 0.1) is 11.8 Å². The number of amides is 1. The SMILES string of the molecule is CC1CNCC1C(=O)Nc1ccc(OCC(F)(F)F)cc1. The topological polar surface area (TPSA) is 50.4 Å². The Morgan fingerprint density at radius 1 is 1.33 bits per heavy atom. The number of hydrogen-bond acceptors (Lipinski definition) is 3. The number of anilines is 1. The molecule has 1 aromatic carbocycles. The molecule has 116 valence electrons. The Kier molecular flexibility index (Phi) is 4.72. The van der Waals surface area contributed by atoms with Crippen molar-refractivity contribution in [2.45, 2.75) is 13.1 Å². The van der Waals surface area contributed by atoms with Gasteiger partial charge in [0.05, 0.1) is 5.92 Å². The van der Waals surface area contributed by atoms with Gasteiger partial charge in [-0.2, -0.15) is 13.2 Å². The van der Waals surface area contributed by atoms with Gasteiger partial charge in [-0.05, 0) is 36.7 Å². The first kappa shape index (κ1) is 15.6. The molecular formula is C14H17F3N2O2. The second-order valence-corrected chi connectivity index (χ2v) is 5.16. The molecule has 1 fully saturated rings. The van der Waals surface area contributed by atoms with Crippen molar-refractivity contribution in [3.05, 3.63) is 24.3 Å². The number of halogens is 3. The van der Waals surface area contributed by atoms with Crippen LogP contribution < -0.4 is 15.4 Å². The van der Waals surface area contributed by atoms with Crippen LogP contribution in [-0.4, -0.2) is 31.8 Å². The summed E-state index contributed by atoms with van der Waals surface area (Å²) in [6.07, 6.45) is -4.36. The highest BCUT2D eigenvalue weighted by Crippen LogP contribution is 2.22. The van der Waals surface area contributed by atoms with Crippen LogP contribution in [0.5, 0.6) is 5.75 Å². The highest BCUT2D eigenvalue weighted by atomic mass is 19.4. The highest BCUT2D eigenvalue weighted by Gasteiger charge is 2.30. The summed E-state index contributed by atoms with van der Waals surface area (Å²) in [5.74, 6) is 0.197. The zero-order chi connectivity index (χ0) is 15.5. The Hall–Kier alpha value is -1.76. The van der Waals surface area contributed by atoms with E-state index in [1.165, 1.54) is 24.3 Å². The number of ether oxygens (including phenoxy) is 1. The molecule has 4 nitrogen and oxygen atoms in total. The van der Waals surface area contributed by atoms with Crippen LogP contribution in [0.4, 0.5) is 18.9 Å². The predicted molar refractivity (Wildman–Crippen MR) is 72.1 cm³/mol. The standard InChI is InChI=1S/C14H17F3N2O2/c1-9-6-18-7-12(9)13(20)19-10-2-4-11(5-3-10)21-8-14(15,16)17/h2-5,9,12,18H,6-8H2,1H3,(H,19,20). The molecule has 0 aromatic heterocycles. The largest absolute Gasteiger partial charge is 0.484 e. The fourth-order valence-corrected chi connectivity index (χ4v) is 2.20. The van der Waals surface area contributed by atoms with Gasteiger partial charge in [0.25, 0.3) is 0 Å². The monoisotopic (exact) mass is 302 g/mol. The minimum absolute atomic E-state index is 0.0866. The lowest BCUT2D eigenvalue weighted by atomic mass is 9.97. The number of hydrogen-bond donors (Lipinski definition) is 2. The van der Waals surface area contributed by atoms with E-state index >= 15 is 0 Å². The molecule has 0 spiro atoms. The molecule has 1 aliphatic rings. The van der Waals surface area contributed by atoms with Crippen LogP contribution in [0.25, 0.3) is 0 Å². The summed E-state index contributed by atoms with van der Waals surface area (Å²) in [6, 6.07) is 5.85. The van der Waals surface area contributed by atoms with E-state index in [0.717, 1.165) is 6.54 Å². The summed E-state index contributed by atoms with van der Waals surface area (Å²) in [6.45, 7) is 2.12. The van der Waals surface area contributed by atoms with Crippen LogP contribution in [-0.2, 0) is 4.79 Å². The van der Waals surface area contributed by atoms with Gasteiger partial charge >= 0.3 is 6.18 Å². The number of rotatable bonds is 4. The van der Waals surface area contributed by atoms with Crippen LogP contribution in [0.2, 0.25) is 0 Å². The molecule has 0 aliphatic carbocycles. The van der Waals surface area contributed by atoms with Gasteiger partial charge < -0.3 is 15.4 Å². The second-order valence-electron chi connectivity index (χ2n) is 5.16. The van der Waals surface area contributed by atoms with E-state index in [-0.39, 0.29) is 23.5 Å². The van der Waals surface area contributed by atoms with Gasteiger partial charge in [-0.15, -0.1) is 0 Å². The van der Waals surface area contributed by atoms with Crippen molar-refractivity contribution < 1.29 is 22.7 Å². The first-order valence-corrected chi connectivity index (χ1v) is 6.66. The zero-order valence-corrected chi connectivity index (χ0v) is 11.5. The first-order chi connectivity index (χ1) is 9.85. The van der Waals surface area contributed by atoms with E-state index < -0.39 is 12.8 Å². The zero-order valence-electron chi connectivity index (χ0n) is 11.5. The molecule has 7 heteroatoms. The third kappa shape index (κ3) is 4.63. The third-order valence-electron chi connectivity index (χ3n) is 3.38. The van der Waals surface area contributed by atoms with E-state index in [1.54, 1.807) is 0 Å². The van der Waals surface area contributed by atoms with Crippen molar-refractivity contribution in [3.8, 4) is 5.75 Å². The Morgan fingerprint density at radius 3 is 2.52 bits per heavy atom. The molecule has 2 rings (SSSR count). The maximum atomic E-state index is 12.0. The van der Waals surface area contributed by atoms with Crippen molar-refractivity contribution in [3.63, 3.8) is 0 Å². The first-order valence-electron chi connectivity index (χ1n) is 6.66. The van der Waals surface area contributed by atoms with Gasteiger partial charge in [0.2, 0.25) is 5.91 Å². The number of carbonyl (C=O) groups is 1. The smallest absolute Gasteiger partial charge is 0.422 e. The number of alkyl halides is 3. The van der Waals surface area contributed by atoms with Crippen molar-refractivity contribution >= 4 is 11.6 Å². The Labute approximate surface area is 120 Å². The van der Waals surface area contributed by atoms with Gasteiger partial charge in [0.15, 0.2) is 6.61 Å². The van der Waals surface area contributed by atoms with Crippen LogP contribution >= 0.6 is 0 Å². The van der Waals surface area contributed by atoms with E-state index in [4.69, 9.17) is 0 Å². The van der Waals surface area contributed by atoms with Gasteiger partial charge in [0.1, 0.15) is 5.75 Å². The summed E-state index contributed by atoms with van der Waals surface area (Å²) in [5, 5.41) is 5.90.